The molecule has 3 aromatic rings. The number of amides is 2. The van der Waals surface area contributed by atoms with Crippen LogP contribution in [0.2, 0.25) is 0 Å². The molecule has 0 atom stereocenters. The quantitative estimate of drug-likeness (QED) is 0.387. The van der Waals surface area contributed by atoms with Crippen molar-refractivity contribution in [3.05, 3.63) is 70.9 Å². The monoisotopic (exact) mass is 504 g/mol. The first kappa shape index (κ1) is 26.4. The van der Waals surface area contributed by atoms with E-state index in [2.05, 4.69) is 27.9 Å². The summed E-state index contributed by atoms with van der Waals surface area (Å²) in [7, 11) is 1.78. The van der Waals surface area contributed by atoms with Gasteiger partial charge in [0.15, 0.2) is 5.76 Å². The van der Waals surface area contributed by atoms with Crippen LogP contribution < -0.4 is 10.6 Å². The largest absolute Gasteiger partial charge is 0.376 e. The number of anilines is 1. The first-order chi connectivity index (χ1) is 17.9. The molecular formula is C28H36N6O3. The molecule has 0 aliphatic carbocycles. The number of hydrogen-bond acceptors (Lipinski definition) is 7. The van der Waals surface area contributed by atoms with Crippen molar-refractivity contribution >= 4 is 17.5 Å². The Hall–Kier alpha value is -3.69. The molecule has 2 N–H and O–H groups in total. The smallest absolute Gasteiger partial charge is 0.256 e. The molecule has 0 saturated carbocycles. The summed E-state index contributed by atoms with van der Waals surface area (Å²) < 4.78 is 5.36. The Morgan fingerprint density at radius 3 is 2.41 bits per heavy atom. The molecule has 0 radical (unpaired) electrons. The average Bonchev–Trinajstić information content (AvgIpc) is 3.53. The van der Waals surface area contributed by atoms with Crippen molar-refractivity contribution in [1.29, 1.82) is 0 Å². The van der Waals surface area contributed by atoms with Gasteiger partial charge in [0, 0.05) is 50.5 Å². The van der Waals surface area contributed by atoms with Crippen molar-refractivity contribution in [2.45, 2.75) is 33.9 Å². The summed E-state index contributed by atoms with van der Waals surface area (Å²) >= 11 is 0. The number of hydrogen-bond donors (Lipinski definition) is 2. The van der Waals surface area contributed by atoms with E-state index in [9.17, 15) is 9.59 Å². The molecule has 2 heterocycles. The van der Waals surface area contributed by atoms with Crippen molar-refractivity contribution in [3.63, 3.8) is 0 Å². The predicted octanol–water partition coefficient (Wildman–Crippen LogP) is 3.20. The van der Waals surface area contributed by atoms with Crippen LogP contribution in [0.3, 0.4) is 0 Å². The van der Waals surface area contributed by atoms with Gasteiger partial charge in [0.05, 0.1) is 12.2 Å². The van der Waals surface area contributed by atoms with E-state index in [4.69, 9.17) is 4.52 Å². The highest BCUT2D eigenvalue weighted by atomic mass is 16.5. The van der Waals surface area contributed by atoms with Gasteiger partial charge in [-0.05, 0) is 55.3 Å². The number of nitrogens with zero attached hydrogens (tertiary/aromatic N) is 4. The molecule has 0 unspecified atom stereocenters. The minimum Gasteiger partial charge on any atom is -0.376 e. The topological polar surface area (TPSA) is 94.0 Å². The lowest BCUT2D eigenvalue weighted by Crippen LogP contribution is -2.49. The zero-order chi connectivity index (χ0) is 26.4. The maximum absolute atomic E-state index is 13.2. The fourth-order valence-corrected chi connectivity index (χ4v) is 4.43. The van der Waals surface area contributed by atoms with Crippen molar-refractivity contribution < 1.29 is 14.1 Å². The number of aromatic nitrogens is 1. The lowest BCUT2D eigenvalue weighted by molar-refractivity contribution is -0.151. The molecule has 1 aliphatic heterocycles. The maximum atomic E-state index is 13.2. The summed E-state index contributed by atoms with van der Waals surface area (Å²) in [6.07, 6.45) is 0. The normalized spacial score (nSPS) is 12.9. The van der Waals surface area contributed by atoms with Gasteiger partial charge in [-0.15, -0.1) is 0 Å². The molecule has 1 aliphatic rings. The highest BCUT2D eigenvalue weighted by Gasteiger charge is 2.27. The van der Waals surface area contributed by atoms with E-state index >= 15 is 0 Å². The van der Waals surface area contributed by atoms with Gasteiger partial charge in [0.1, 0.15) is 6.54 Å². The Labute approximate surface area is 218 Å². The van der Waals surface area contributed by atoms with Crippen molar-refractivity contribution in [3.8, 4) is 11.3 Å². The first-order valence-corrected chi connectivity index (χ1v) is 12.7. The summed E-state index contributed by atoms with van der Waals surface area (Å²) in [6.45, 7) is 9.27. The van der Waals surface area contributed by atoms with Crippen LogP contribution in [0, 0.1) is 13.8 Å². The maximum Gasteiger partial charge on any atom is 0.256 e. The van der Waals surface area contributed by atoms with E-state index in [1.165, 1.54) is 11.1 Å². The van der Waals surface area contributed by atoms with E-state index in [-0.39, 0.29) is 24.9 Å². The second-order valence-electron chi connectivity index (χ2n) is 9.39. The summed E-state index contributed by atoms with van der Waals surface area (Å²) in [5.41, 5.74) is 6.06. The lowest BCUT2D eigenvalue weighted by atomic mass is 10.1. The SMILES string of the molecule is CCNCCN(CC(=O)N(C)N1Cc2ccccc2C1)C(=O)CNc1ccc(-c2cc(C)no2)cc1C. The van der Waals surface area contributed by atoms with E-state index in [0.717, 1.165) is 29.1 Å². The van der Waals surface area contributed by atoms with Crippen LogP contribution in [-0.2, 0) is 22.7 Å². The predicted molar refractivity (Wildman–Crippen MR) is 143 cm³/mol. The molecule has 0 saturated heterocycles. The summed E-state index contributed by atoms with van der Waals surface area (Å²) in [6, 6.07) is 16.0. The highest BCUT2D eigenvalue weighted by molar-refractivity contribution is 5.87. The number of carbonyl (C=O) groups is 2. The van der Waals surface area contributed by atoms with E-state index in [0.29, 0.717) is 31.9 Å². The van der Waals surface area contributed by atoms with E-state index in [1.807, 2.05) is 62.2 Å². The van der Waals surface area contributed by atoms with Crippen molar-refractivity contribution in [2.24, 2.45) is 0 Å². The molecule has 0 spiro atoms. The number of rotatable bonds is 11. The average molecular weight is 505 g/mol. The first-order valence-electron chi connectivity index (χ1n) is 12.7. The minimum atomic E-state index is -0.126. The molecule has 37 heavy (non-hydrogen) atoms. The standard InChI is InChI=1S/C28H36N6O3/c1-5-29-12-13-33(19-28(36)32(4)34-17-23-8-6-7-9-24(23)18-34)27(35)16-30-25-11-10-22(14-20(25)2)26-15-21(3)31-37-26/h6-11,14-15,29-30H,5,12-13,16-19H2,1-4H3. The molecule has 2 amide bonds. The van der Waals surface area contributed by atoms with Crippen LogP contribution >= 0.6 is 0 Å². The van der Waals surface area contributed by atoms with Gasteiger partial charge >= 0.3 is 0 Å². The number of carbonyl (C=O) groups excluding carboxylic acids is 2. The fourth-order valence-electron chi connectivity index (χ4n) is 4.43. The third-order valence-electron chi connectivity index (χ3n) is 6.67. The summed E-state index contributed by atoms with van der Waals surface area (Å²) in [4.78, 5) is 28.0. The number of aryl methyl sites for hydroxylation is 2. The second-order valence-corrected chi connectivity index (χ2v) is 9.39. The van der Waals surface area contributed by atoms with Crippen molar-refractivity contribution in [1.82, 2.24) is 25.4 Å². The third-order valence-corrected chi connectivity index (χ3v) is 6.67. The van der Waals surface area contributed by atoms with Gasteiger partial charge in [0.25, 0.3) is 5.91 Å². The zero-order valence-electron chi connectivity index (χ0n) is 22.1. The number of benzene rings is 2. The molecule has 2 aromatic carbocycles. The van der Waals surface area contributed by atoms with Crippen LogP contribution in [0.25, 0.3) is 11.3 Å². The molecule has 4 rings (SSSR count). The van der Waals surface area contributed by atoms with Gasteiger partial charge < -0.3 is 20.1 Å². The van der Waals surface area contributed by atoms with Gasteiger partial charge in [0.2, 0.25) is 5.91 Å². The molecular weight excluding hydrogens is 468 g/mol. The molecule has 196 valence electrons. The summed E-state index contributed by atoms with van der Waals surface area (Å²) in [5, 5.41) is 14.1. The molecule has 9 nitrogen and oxygen atoms in total. The lowest BCUT2D eigenvalue weighted by Gasteiger charge is -2.31. The number of hydrazine groups is 1. The van der Waals surface area contributed by atoms with Crippen LogP contribution in [0.5, 0.6) is 0 Å². The van der Waals surface area contributed by atoms with E-state index in [1.54, 1.807) is 17.0 Å². The highest BCUT2D eigenvalue weighted by Crippen LogP contribution is 2.26. The van der Waals surface area contributed by atoms with Crippen molar-refractivity contribution in [2.75, 3.05) is 45.1 Å². The molecule has 0 fully saturated rings. The van der Waals surface area contributed by atoms with Crippen LogP contribution in [0.1, 0.15) is 29.3 Å². The van der Waals surface area contributed by atoms with Gasteiger partial charge in [-0.3, -0.25) is 14.6 Å². The van der Waals surface area contributed by atoms with Crippen LogP contribution in [0.15, 0.2) is 53.1 Å². The van der Waals surface area contributed by atoms with Gasteiger partial charge in [-0.1, -0.05) is 36.3 Å². The van der Waals surface area contributed by atoms with Crippen LogP contribution in [0.4, 0.5) is 5.69 Å². The molecule has 9 heteroatoms. The van der Waals surface area contributed by atoms with Gasteiger partial charge in [-0.25, -0.2) is 5.01 Å². The second kappa shape index (κ2) is 12.0. The number of fused-ring (bicyclic) bond motifs is 1. The Morgan fingerprint density at radius 2 is 1.78 bits per heavy atom. The molecule has 0 bridgehead atoms. The number of likely N-dealkylation sites (N-methyl/N-ethyl adjacent to an activating group) is 2. The Bertz CT molecular complexity index is 1220. The fraction of sp³-hybridized carbons (Fsp3) is 0.393. The minimum absolute atomic E-state index is 0.0258. The number of nitrogens with one attached hydrogen (secondary N) is 2. The Kier molecular flexibility index (Phi) is 8.58. The van der Waals surface area contributed by atoms with Crippen LogP contribution in [-0.4, -0.2) is 71.7 Å². The molecule has 1 aromatic heterocycles. The van der Waals surface area contributed by atoms with Gasteiger partial charge in [-0.2, -0.15) is 0 Å². The Morgan fingerprint density at radius 1 is 1.05 bits per heavy atom. The zero-order valence-corrected chi connectivity index (χ0v) is 22.1. The summed E-state index contributed by atoms with van der Waals surface area (Å²) in [5.74, 6) is 0.473. The van der Waals surface area contributed by atoms with E-state index < -0.39 is 0 Å². The Balaban J connectivity index is 1.36. The third kappa shape index (κ3) is 6.55.